The lowest BCUT2D eigenvalue weighted by atomic mass is 10.3. The Morgan fingerprint density at radius 3 is 2.29 bits per heavy atom. The Morgan fingerprint density at radius 2 is 1.76 bits per heavy atom. The number of ether oxygens (including phenoxy) is 1. The maximum Gasteiger partial charge on any atom is 0.461 e. The van der Waals surface area contributed by atoms with Crippen LogP contribution in [0.4, 0.5) is 0 Å². The molecule has 0 saturated heterocycles. The van der Waals surface area contributed by atoms with Gasteiger partial charge in [-0.3, -0.25) is 0 Å². The molecule has 0 aliphatic heterocycles. The summed E-state index contributed by atoms with van der Waals surface area (Å²) in [6.07, 6.45) is 0. The standard InChI is InChI=1S/C10H8N2O5/c1-17-10(14)8-9(13)12(16)7-5-3-2-4-6(7)11(8)15/h2-5,13H,1H3. The second kappa shape index (κ2) is 3.78. The number of rotatable bonds is 1. The first-order valence-corrected chi connectivity index (χ1v) is 4.63. The second-order valence-corrected chi connectivity index (χ2v) is 3.24. The molecule has 0 atom stereocenters. The molecule has 7 nitrogen and oxygen atoms in total. The van der Waals surface area contributed by atoms with E-state index in [4.69, 9.17) is 0 Å². The SMILES string of the molecule is COC(=O)c1c(O)[n+]([O-])c2ccccc2[n+]1[O-]. The van der Waals surface area contributed by atoms with Crippen molar-refractivity contribution in [2.75, 3.05) is 7.11 Å². The van der Waals surface area contributed by atoms with Gasteiger partial charge in [-0.2, -0.15) is 0 Å². The molecule has 1 aromatic carbocycles. The van der Waals surface area contributed by atoms with Crippen LogP contribution in [0.2, 0.25) is 0 Å². The summed E-state index contributed by atoms with van der Waals surface area (Å²) in [6, 6.07) is 5.79. The van der Waals surface area contributed by atoms with E-state index >= 15 is 0 Å². The number of carbonyl (C=O) groups is 1. The third kappa shape index (κ3) is 1.48. The van der Waals surface area contributed by atoms with Gasteiger partial charge in [0.25, 0.3) is 11.0 Å². The van der Waals surface area contributed by atoms with Crippen molar-refractivity contribution in [2.24, 2.45) is 0 Å². The molecular formula is C10H8N2O5. The Bertz CT molecular complexity index is 611. The molecule has 1 aromatic heterocycles. The van der Waals surface area contributed by atoms with E-state index in [0.29, 0.717) is 0 Å². The van der Waals surface area contributed by atoms with Gasteiger partial charge in [0.15, 0.2) is 0 Å². The number of fused-ring (bicyclic) bond motifs is 1. The summed E-state index contributed by atoms with van der Waals surface area (Å²) >= 11 is 0. The highest BCUT2D eigenvalue weighted by Gasteiger charge is 2.34. The number of hydrogen-bond donors (Lipinski definition) is 1. The first kappa shape index (κ1) is 10.9. The first-order chi connectivity index (χ1) is 8.07. The lowest BCUT2D eigenvalue weighted by Gasteiger charge is -2.07. The predicted octanol–water partition coefficient (Wildman–Crippen LogP) is -0.401. The Morgan fingerprint density at radius 1 is 1.24 bits per heavy atom. The zero-order valence-corrected chi connectivity index (χ0v) is 8.78. The van der Waals surface area contributed by atoms with Crippen LogP contribution in [0, 0.1) is 10.4 Å². The van der Waals surface area contributed by atoms with Gasteiger partial charge in [0.05, 0.1) is 7.11 Å². The maximum absolute atomic E-state index is 11.8. The number of aromatic nitrogens is 2. The molecule has 0 amide bonds. The summed E-state index contributed by atoms with van der Waals surface area (Å²) in [5.41, 5.74) is -0.797. The Kier molecular flexibility index (Phi) is 2.43. The van der Waals surface area contributed by atoms with Crippen LogP contribution in [-0.2, 0) is 4.74 Å². The van der Waals surface area contributed by atoms with Crippen molar-refractivity contribution in [3.8, 4) is 5.88 Å². The zero-order valence-electron chi connectivity index (χ0n) is 8.78. The van der Waals surface area contributed by atoms with Gasteiger partial charge in [0.1, 0.15) is 0 Å². The van der Waals surface area contributed by atoms with Crippen LogP contribution in [0.3, 0.4) is 0 Å². The fourth-order valence-corrected chi connectivity index (χ4v) is 1.50. The Balaban J connectivity index is 2.91. The molecule has 7 heteroatoms. The smallest absolute Gasteiger partial charge is 0.461 e. The van der Waals surface area contributed by atoms with Crippen LogP contribution in [0.5, 0.6) is 5.88 Å². The van der Waals surface area contributed by atoms with Gasteiger partial charge in [-0.1, -0.05) is 12.1 Å². The third-order valence-electron chi connectivity index (χ3n) is 2.31. The van der Waals surface area contributed by atoms with E-state index in [9.17, 15) is 20.3 Å². The number of methoxy groups -OCH3 is 1. The van der Waals surface area contributed by atoms with Gasteiger partial charge in [0.2, 0.25) is 0 Å². The van der Waals surface area contributed by atoms with Crippen molar-refractivity contribution in [1.29, 1.82) is 0 Å². The molecule has 1 heterocycles. The third-order valence-corrected chi connectivity index (χ3v) is 2.31. The molecule has 0 unspecified atom stereocenters. The van der Waals surface area contributed by atoms with Crippen molar-refractivity contribution in [3.63, 3.8) is 0 Å². The average Bonchev–Trinajstić information content (AvgIpc) is 2.36. The molecular weight excluding hydrogens is 228 g/mol. The highest BCUT2D eigenvalue weighted by Crippen LogP contribution is 2.13. The molecule has 0 aliphatic rings. The minimum absolute atomic E-state index is 0.0271. The molecule has 0 saturated carbocycles. The van der Waals surface area contributed by atoms with Crippen molar-refractivity contribution in [1.82, 2.24) is 0 Å². The number of carbonyl (C=O) groups excluding carboxylic acids is 1. The molecule has 0 bridgehead atoms. The lowest BCUT2D eigenvalue weighted by molar-refractivity contribution is -0.636. The first-order valence-electron chi connectivity index (χ1n) is 4.63. The van der Waals surface area contributed by atoms with Crippen molar-refractivity contribution >= 4 is 17.0 Å². The number of para-hydroxylation sites is 2. The van der Waals surface area contributed by atoms with Gasteiger partial charge < -0.3 is 20.3 Å². The Labute approximate surface area is 95.3 Å². The van der Waals surface area contributed by atoms with E-state index in [0.717, 1.165) is 7.11 Å². The fraction of sp³-hybridized carbons (Fsp3) is 0.100. The number of esters is 1. The number of aromatic hydroxyl groups is 1. The lowest BCUT2D eigenvalue weighted by Crippen LogP contribution is -2.44. The summed E-state index contributed by atoms with van der Waals surface area (Å²) in [7, 11) is 1.05. The van der Waals surface area contributed by atoms with Gasteiger partial charge in [-0.25, -0.2) is 4.79 Å². The molecule has 1 N–H and O–H groups in total. The van der Waals surface area contributed by atoms with E-state index in [1.165, 1.54) is 24.3 Å². The van der Waals surface area contributed by atoms with E-state index < -0.39 is 17.5 Å². The van der Waals surface area contributed by atoms with Crippen LogP contribution >= 0.6 is 0 Å². The van der Waals surface area contributed by atoms with Crippen LogP contribution in [-0.4, -0.2) is 18.2 Å². The largest absolute Gasteiger partial charge is 0.617 e. The van der Waals surface area contributed by atoms with Crippen LogP contribution in [0.1, 0.15) is 10.5 Å². The quantitative estimate of drug-likeness (QED) is 0.412. The van der Waals surface area contributed by atoms with E-state index in [1.54, 1.807) is 0 Å². The van der Waals surface area contributed by atoms with Crippen LogP contribution in [0.15, 0.2) is 24.3 Å². The fourth-order valence-electron chi connectivity index (χ4n) is 1.50. The minimum atomic E-state index is -1.08. The van der Waals surface area contributed by atoms with E-state index in [-0.39, 0.29) is 20.5 Å². The highest BCUT2D eigenvalue weighted by atomic mass is 16.5. The van der Waals surface area contributed by atoms with Gasteiger partial charge in [-0.15, -0.1) is 9.46 Å². The molecule has 2 aromatic rings. The van der Waals surface area contributed by atoms with Crippen LogP contribution in [0.25, 0.3) is 11.0 Å². The molecule has 0 aliphatic carbocycles. The van der Waals surface area contributed by atoms with Gasteiger partial charge in [-0.05, 0) is 0 Å². The van der Waals surface area contributed by atoms with Crippen molar-refractivity contribution in [3.05, 3.63) is 40.4 Å². The number of nitrogens with zero attached hydrogens (tertiary/aromatic N) is 2. The zero-order chi connectivity index (χ0) is 12.6. The van der Waals surface area contributed by atoms with E-state index in [2.05, 4.69) is 4.74 Å². The summed E-state index contributed by atoms with van der Waals surface area (Å²) in [6.45, 7) is 0. The normalized spacial score (nSPS) is 10.4. The molecule has 88 valence electrons. The molecule has 17 heavy (non-hydrogen) atoms. The molecule has 0 radical (unpaired) electrons. The van der Waals surface area contributed by atoms with Gasteiger partial charge in [0, 0.05) is 12.1 Å². The molecule has 2 rings (SSSR count). The monoisotopic (exact) mass is 236 g/mol. The molecule has 0 spiro atoms. The average molecular weight is 236 g/mol. The summed E-state index contributed by atoms with van der Waals surface area (Å²) in [5, 5.41) is 32.9. The minimum Gasteiger partial charge on any atom is -0.617 e. The maximum atomic E-state index is 11.8. The summed E-state index contributed by atoms with van der Waals surface area (Å²) in [5.74, 6) is -2.06. The van der Waals surface area contributed by atoms with Crippen molar-refractivity contribution in [2.45, 2.75) is 0 Å². The van der Waals surface area contributed by atoms with Crippen molar-refractivity contribution < 1.29 is 24.1 Å². The number of benzene rings is 1. The predicted molar refractivity (Wildman–Crippen MR) is 54.9 cm³/mol. The number of hydrogen-bond acceptors (Lipinski definition) is 5. The second-order valence-electron chi connectivity index (χ2n) is 3.24. The summed E-state index contributed by atoms with van der Waals surface area (Å²) in [4.78, 5) is 11.3. The highest BCUT2D eigenvalue weighted by molar-refractivity contribution is 5.88. The summed E-state index contributed by atoms with van der Waals surface area (Å²) < 4.78 is 4.61. The van der Waals surface area contributed by atoms with E-state index in [1.807, 2.05) is 0 Å². The molecule has 0 fully saturated rings. The van der Waals surface area contributed by atoms with Crippen LogP contribution < -0.4 is 9.46 Å². The Hall–Kier alpha value is -2.57. The van der Waals surface area contributed by atoms with Gasteiger partial charge >= 0.3 is 17.5 Å². The topological polar surface area (TPSA) is 100 Å².